The molecule has 1 fully saturated rings. The van der Waals surface area contributed by atoms with Crippen LogP contribution in [0.2, 0.25) is 0 Å². The molecule has 1 saturated carbocycles. The molecule has 1 N–H and O–H groups in total. The monoisotopic (exact) mass is 291 g/mol. The minimum atomic E-state index is 0.115. The number of hydrogen-bond acceptors (Lipinski definition) is 3. The molecule has 1 aliphatic carbocycles. The molecule has 1 atom stereocenters. The topological polar surface area (TPSA) is 30.5 Å². The van der Waals surface area contributed by atoms with Gasteiger partial charge in [-0.2, -0.15) is 0 Å². The smallest absolute Gasteiger partial charge is 0.119 e. The Hall–Kier alpha value is -1.06. The van der Waals surface area contributed by atoms with Gasteiger partial charge in [-0.15, -0.1) is 0 Å². The highest BCUT2D eigenvalue weighted by Gasteiger charge is 2.38. The molecule has 3 heteroatoms. The van der Waals surface area contributed by atoms with E-state index in [9.17, 15) is 0 Å². The first kappa shape index (κ1) is 16.3. The number of hydrogen-bond donors (Lipinski definition) is 1. The molecule has 21 heavy (non-hydrogen) atoms. The maximum absolute atomic E-state index is 5.80. The van der Waals surface area contributed by atoms with Crippen LogP contribution in [0.5, 0.6) is 5.75 Å². The highest BCUT2D eigenvalue weighted by molar-refractivity contribution is 5.29. The fourth-order valence-corrected chi connectivity index (χ4v) is 3.16. The summed E-state index contributed by atoms with van der Waals surface area (Å²) < 4.78 is 11.1. The average Bonchev–Trinajstić information content (AvgIpc) is 2.48. The lowest BCUT2D eigenvalue weighted by Crippen LogP contribution is -2.46. The van der Waals surface area contributed by atoms with E-state index in [2.05, 4.69) is 30.4 Å². The van der Waals surface area contributed by atoms with Gasteiger partial charge in [0.1, 0.15) is 5.75 Å². The minimum Gasteiger partial charge on any atom is -0.497 e. The average molecular weight is 291 g/mol. The predicted octanol–water partition coefficient (Wildman–Crippen LogP) is 3.57. The van der Waals surface area contributed by atoms with Gasteiger partial charge in [-0.1, -0.05) is 19.1 Å². The first-order valence-corrected chi connectivity index (χ1v) is 8.13. The number of nitrogens with one attached hydrogen (secondary N) is 1. The molecule has 0 saturated heterocycles. The van der Waals surface area contributed by atoms with E-state index in [1.54, 1.807) is 7.11 Å². The van der Waals surface area contributed by atoms with E-state index in [0.717, 1.165) is 31.6 Å². The highest BCUT2D eigenvalue weighted by atomic mass is 16.5. The van der Waals surface area contributed by atoms with Crippen molar-refractivity contribution >= 4 is 0 Å². The molecular weight excluding hydrogens is 262 g/mol. The molecule has 0 aromatic heterocycles. The zero-order valence-electron chi connectivity index (χ0n) is 13.7. The van der Waals surface area contributed by atoms with Crippen LogP contribution in [0.15, 0.2) is 24.3 Å². The number of rotatable bonds is 9. The molecule has 0 aliphatic heterocycles. The molecule has 3 nitrogen and oxygen atoms in total. The molecule has 0 heterocycles. The van der Waals surface area contributed by atoms with E-state index in [0.29, 0.717) is 6.04 Å². The second kappa shape index (κ2) is 7.81. The lowest BCUT2D eigenvalue weighted by atomic mass is 9.75. The quantitative estimate of drug-likeness (QED) is 0.754. The molecule has 1 aromatic carbocycles. The van der Waals surface area contributed by atoms with Gasteiger partial charge in [-0.25, -0.2) is 0 Å². The Balaban J connectivity index is 2.01. The summed E-state index contributed by atoms with van der Waals surface area (Å²) in [4.78, 5) is 0. The second-order valence-corrected chi connectivity index (χ2v) is 6.15. The summed E-state index contributed by atoms with van der Waals surface area (Å²) in [5.41, 5.74) is 1.44. The van der Waals surface area contributed by atoms with E-state index < -0.39 is 0 Å². The van der Waals surface area contributed by atoms with Crippen molar-refractivity contribution in [2.24, 2.45) is 0 Å². The number of ether oxygens (including phenoxy) is 2. The molecule has 118 valence electrons. The van der Waals surface area contributed by atoms with Crippen LogP contribution in [0.3, 0.4) is 0 Å². The van der Waals surface area contributed by atoms with Crippen LogP contribution in [0.1, 0.15) is 44.6 Å². The number of benzene rings is 1. The van der Waals surface area contributed by atoms with Gasteiger partial charge in [0.15, 0.2) is 0 Å². The first-order valence-electron chi connectivity index (χ1n) is 8.13. The minimum absolute atomic E-state index is 0.115. The fraction of sp³-hybridized carbons (Fsp3) is 0.667. The van der Waals surface area contributed by atoms with Gasteiger partial charge in [0.2, 0.25) is 0 Å². The number of methoxy groups -OCH3 is 2. The summed E-state index contributed by atoms with van der Waals surface area (Å²) in [6.45, 7) is 3.28. The summed E-state index contributed by atoms with van der Waals surface area (Å²) >= 11 is 0. The third-order valence-corrected chi connectivity index (χ3v) is 4.62. The molecular formula is C18H29NO2. The Morgan fingerprint density at radius 3 is 2.67 bits per heavy atom. The predicted molar refractivity (Wildman–Crippen MR) is 87.0 cm³/mol. The van der Waals surface area contributed by atoms with Crippen LogP contribution in [0, 0.1) is 0 Å². The zero-order chi connectivity index (χ0) is 15.1. The van der Waals surface area contributed by atoms with Crippen LogP contribution in [0.4, 0.5) is 0 Å². The summed E-state index contributed by atoms with van der Waals surface area (Å²) in [7, 11) is 3.59. The maximum atomic E-state index is 5.80. The van der Waals surface area contributed by atoms with Gasteiger partial charge < -0.3 is 14.8 Å². The van der Waals surface area contributed by atoms with Crippen molar-refractivity contribution in [3.05, 3.63) is 29.8 Å². The summed E-state index contributed by atoms with van der Waals surface area (Å²) in [6, 6.07) is 8.86. The van der Waals surface area contributed by atoms with Crippen LogP contribution in [0.25, 0.3) is 0 Å². The molecule has 0 spiro atoms. The van der Waals surface area contributed by atoms with Crippen molar-refractivity contribution in [1.82, 2.24) is 5.32 Å². The Morgan fingerprint density at radius 1 is 1.29 bits per heavy atom. The first-order chi connectivity index (χ1) is 10.2. The van der Waals surface area contributed by atoms with Gasteiger partial charge in [0.05, 0.1) is 12.7 Å². The van der Waals surface area contributed by atoms with Crippen molar-refractivity contribution in [3.63, 3.8) is 0 Å². The standard InChI is InChI=1S/C18H29NO2/c1-4-11-19-16(14-18(21-3)9-6-10-18)12-15-7-5-8-17(13-15)20-2/h5,7-8,13,16,19H,4,6,9-12,14H2,1-3H3. The van der Waals surface area contributed by atoms with Crippen LogP contribution in [-0.2, 0) is 11.2 Å². The second-order valence-electron chi connectivity index (χ2n) is 6.15. The Kier molecular flexibility index (Phi) is 6.07. The normalized spacial score (nSPS) is 18.0. The van der Waals surface area contributed by atoms with Crippen molar-refractivity contribution in [1.29, 1.82) is 0 Å². The molecule has 1 unspecified atom stereocenters. The van der Waals surface area contributed by atoms with Crippen LogP contribution < -0.4 is 10.1 Å². The summed E-state index contributed by atoms with van der Waals surface area (Å²) in [5, 5.41) is 3.69. The third-order valence-electron chi connectivity index (χ3n) is 4.62. The molecule has 0 bridgehead atoms. The van der Waals surface area contributed by atoms with Crippen molar-refractivity contribution in [2.75, 3.05) is 20.8 Å². The Bertz CT molecular complexity index is 423. The third kappa shape index (κ3) is 4.45. The van der Waals surface area contributed by atoms with E-state index in [-0.39, 0.29) is 5.60 Å². The Labute approximate surface area is 129 Å². The van der Waals surface area contributed by atoms with Crippen molar-refractivity contribution in [3.8, 4) is 5.75 Å². The van der Waals surface area contributed by atoms with Gasteiger partial charge >= 0.3 is 0 Å². The van der Waals surface area contributed by atoms with E-state index >= 15 is 0 Å². The summed E-state index contributed by atoms with van der Waals surface area (Å²) in [6.07, 6.45) is 6.99. The van der Waals surface area contributed by atoms with Crippen LogP contribution >= 0.6 is 0 Å². The molecule has 1 aliphatic rings. The van der Waals surface area contributed by atoms with Gasteiger partial charge in [-0.3, -0.25) is 0 Å². The molecule has 0 radical (unpaired) electrons. The SMILES string of the molecule is CCCNC(Cc1cccc(OC)c1)CC1(OC)CCC1. The zero-order valence-corrected chi connectivity index (χ0v) is 13.7. The van der Waals surface area contributed by atoms with Crippen molar-refractivity contribution < 1.29 is 9.47 Å². The van der Waals surface area contributed by atoms with Gasteiger partial charge in [-0.05, 0) is 62.8 Å². The van der Waals surface area contributed by atoms with E-state index in [4.69, 9.17) is 9.47 Å². The highest BCUT2D eigenvalue weighted by Crippen LogP contribution is 2.39. The lowest BCUT2D eigenvalue weighted by Gasteiger charge is -2.43. The van der Waals surface area contributed by atoms with Crippen LogP contribution in [-0.4, -0.2) is 32.4 Å². The van der Waals surface area contributed by atoms with E-state index in [1.807, 2.05) is 13.2 Å². The summed E-state index contributed by atoms with van der Waals surface area (Å²) in [5.74, 6) is 0.937. The van der Waals surface area contributed by atoms with Gasteiger partial charge in [0.25, 0.3) is 0 Å². The largest absolute Gasteiger partial charge is 0.497 e. The maximum Gasteiger partial charge on any atom is 0.119 e. The van der Waals surface area contributed by atoms with Crippen molar-refractivity contribution in [2.45, 2.75) is 57.1 Å². The van der Waals surface area contributed by atoms with E-state index in [1.165, 1.54) is 24.8 Å². The van der Waals surface area contributed by atoms with Gasteiger partial charge in [0, 0.05) is 13.2 Å². The molecule has 2 rings (SSSR count). The Morgan fingerprint density at radius 2 is 2.10 bits per heavy atom. The molecule has 1 aromatic rings. The molecule has 0 amide bonds. The lowest BCUT2D eigenvalue weighted by molar-refractivity contribution is -0.0834. The fourth-order valence-electron chi connectivity index (χ4n) is 3.16.